The summed E-state index contributed by atoms with van der Waals surface area (Å²) in [7, 11) is 0. The Morgan fingerprint density at radius 3 is 2.83 bits per heavy atom. The fraction of sp³-hybridized carbons (Fsp3) is 0.235. The first-order valence-corrected chi connectivity index (χ1v) is 7.54. The molecular weight excluding hydrogens is 316 g/mol. The molecule has 0 spiro atoms. The molecule has 0 atom stereocenters. The Morgan fingerprint density at radius 2 is 2.09 bits per heavy atom. The fourth-order valence-electron chi connectivity index (χ4n) is 2.35. The second-order valence-electron chi connectivity index (χ2n) is 5.27. The summed E-state index contributed by atoms with van der Waals surface area (Å²) in [4.78, 5) is 16.3. The lowest BCUT2D eigenvalue weighted by atomic mass is 10.1. The van der Waals surface area contributed by atoms with Gasteiger partial charge in [-0.05, 0) is 26.0 Å². The number of halogens is 1. The van der Waals surface area contributed by atoms with Gasteiger partial charge >= 0.3 is 5.97 Å². The molecule has 23 heavy (non-hydrogen) atoms. The highest BCUT2D eigenvalue weighted by Gasteiger charge is 2.15. The summed E-state index contributed by atoms with van der Waals surface area (Å²) in [6.07, 6.45) is 0.125. The van der Waals surface area contributed by atoms with Crippen molar-refractivity contribution in [3.8, 4) is 0 Å². The van der Waals surface area contributed by atoms with Gasteiger partial charge in [0.05, 0.1) is 17.6 Å². The van der Waals surface area contributed by atoms with E-state index in [1.807, 2.05) is 30.3 Å². The molecule has 0 aliphatic heterocycles. The second kappa shape index (κ2) is 6.38. The SMILES string of the molecule is Cc1noc(C)c1CC(=O)OCc1cc2ccccc2nc1Cl. The molecule has 1 aromatic carbocycles. The van der Waals surface area contributed by atoms with Gasteiger partial charge in [0.15, 0.2) is 0 Å². The third-order valence-electron chi connectivity index (χ3n) is 3.64. The first kappa shape index (κ1) is 15.5. The number of ether oxygens (including phenoxy) is 1. The number of para-hydroxylation sites is 1. The van der Waals surface area contributed by atoms with Crippen molar-refractivity contribution in [2.45, 2.75) is 26.9 Å². The first-order valence-electron chi connectivity index (χ1n) is 7.16. The summed E-state index contributed by atoms with van der Waals surface area (Å²) < 4.78 is 10.3. The monoisotopic (exact) mass is 330 g/mol. The molecule has 3 aromatic rings. The molecule has 0 unspecified atom stereocenters. The van der Waals surface area contributed by atoms with Crippen molar-refractivity contribution in [2.24, 2.45) is 0 Å². The van der Waals surface area contributed by atoms with E-state index in [1.54, 1.807) is 13.8 Å². The topological polar surface area (TPSA) is 65.2 Å². The van der Waals surface area contributed by atoms with Gasteiger partial charge in [-0.2, -0.15) is 0 Å². The maximum absolute atomic E-state index is 12.0. The molecule has 2 heterocycles. The number of esters is 1. The van der Waals surface area contributed by atoms with Crippen molar-refractivity contribution in [3.05, 3.63) is 58.1 Å². The van der Waals surface area contributed by atoms with Gasteiger partial charge in [0.2, 0.25) is 0 Å². The van der Waals surface area contributed by atoms with Crippen LogP contribution in [0.3, 0.4) is 0 Å². The summed E-state index contributed by atoms with van der Waals surface area (Å²) in [5.74, 6) is 0.272. The highest BCUT2D eigenvalue weighted by atomic mass is 35.5. The summed E-state index contributed by atoms with van der Waals surface area (Å²) >= 11 is 6.15. The summed E-state index contributed by atoms with van der Waals surface area (Å²) in [6.45, 7) is 3.65. The number of benzene rings is 1. The maximum Gasteiger partial charge on any atom is 0.310 e. The van der Waals surface area contributed by atoms with Gasteiger partial charge in [-0.25, -0.2) is 4.98 Å². The second-order valence-corrected chi connectivity index (χ2v) is 5.63. The Hall–Kier alpha value is -2.40. The number of aromatic nitrogens is 2. The number of fused-ring (bicyclic) bond motifs is 1. The van der Waals surface area contributed by atoms with Gasteiger partial charge in [-0.1, -0.05) is 35.0 Å². The molecule has 0 aliphatic rings. The standard InChI is InChI=1S/C17H15ClN2O3/c1-10-14(11(2)23-20-10)8-16(21)22-9-13-7-12-5-3-4-6-15(12)19-17(13)18/h3-7H,8-9H2,1-2H3. The fourth-order valence-corrected chi connectivity index (χ4v) is 2.55. The maximum atomic E-state index is 12.0. The van der Waals surface area contributed by atoms with Crippen LogP contribution in [-0.2, 0) is 22.6 Å². The molecule has 0 aliphatic carbocycles. The van der Waals surface area contributed by atoms with Crippen LogP contribution < -0.4 is 0 Å². The van der Waals surface area contributed by atoms with E-state index in [4.69, 9.17) is 20.9 Å². The van der Waals surface area contributed by atoms with Crippen LogP contribution in [0.5, 0.6) is 0 Å². The lowest BCUT2D eigenvalue weighted by Gasteiger charge is -2.07. The Labute approximate surface area is 138 Å². The Bertz CT molecular complexity index is 854. The third kappa shape index (κ3) is 3.35. The number of carbonyl (C=O) groups excluding carboxylic acids is 1. The predicted molar refractivity (Wildman–Crippen MR) is 86.2 cm³/mol. The minimum atomic E-state index is -0.358. The normalized spacial score (nSPS) is 10.9. The van der Waals surface area contributed by atoms with Crippen LogP contribution in [0, 0.1) is 13.8 Å². The molecular formula is C17H15ClN2O3. The van der Waals surface area contributed by atoms with E-state index in [0.29, 0.717) is 22.2 Å². The van der Waals surface area contributed by atoms with Crippen LogP contribution in [0.25, 0.3) is 10.9 Å². The van der Waals surface area contributed by atoms with E-state index in [9.17, 15) is 4.79 Å². The van der Waals surface area contributed by atoms with Gasteiger partial charge < -0.3 is 9.26 Å². The van der Waals surface area contributed by atoms with E-state index < -0.39 is 0 Å². The molecule has 2 aromatic heterocycles. The summed E-state index contributed by atoms with van der Waals surface area (Å²) in [6, 6.07) is 9.52. The van der Waals surface area contributed by atoms with Gasteiger partial charge in [0.1, 0.15) is 17.5 Å². The minimum Gasteiger partial charge on any atom is -0.460 e. The van der Waals surface area contributed by atoms with Crippen LogP contribution in [0.4, 0.5) is 0 Å². The molecule has 0 saturated carbocycles. The molecule has 0 fully saturated rings. The van der Waals surface area contributed by atoms with Crippen LogP contribution in [0.1, 0.15) is 22.6 Å². The summed E-state index contributed by atoms with van der Waals surface area (Å²) in [5.41, 5.74) is 2.95. The van der Waals surface area contributed by atoms with Crippen LogP contribution in [-0.4, -0.2) is 16.1 Å². The number of aryl methyl sites for hydroxylation is 2. The number of hydrogen-bond acceptors (Lipinski definition) is 5. The number of carbonyl (C=O) groups is 1. The van der Waals surface area contributed by atoms with Crippen LogP contribution in [0.15, 0.2) is 34.9 Å². The lowest BCUT2D eigenvalue weighted by molar-refractivity contribution is -0.144. The molecule has 0 N–H and O–H groups in total. The predicted octanol–water partition coefficient (Wildman–Crippen LogP) is 3.78. The largest absolute Gasteiger partial charge is 0.460 e. The van der Waals surface area contributed by atoms with E-state index in [1.165, 1.54) is 0 Å². The first-order chi connectivity index (χ1) is 11.0. The van der Waals surface area contributed by atoms with Crippen LogP contribution >= 0.6 is 11.6 Å². The molecule has 118 valence electrons. The third-order valence-corrected chi connectivity index (χ3v) is 3.97. The van der Waals surface area contributed by atoms with Crippen molar-refractivity contribution in [2.75, 3.05) is 0 Å². The van der Waals surface area contributed by atoms with Crippen LogP contribution in [0.2, 0.25) is 5.15 Å². The lowest BCUT2D eigenvalue weighted by Crippen LogP contribution is -2.09. The zero-order chi connectivity index (χ0) is 16.4. The average molecular weight is 331 g/mol. The number of rotatable bonds is 4. The minimum absolute atomic E-state index is 0.0822. The van der Waals surface area contributed by atoms with Gasteiger partial charge in [0.25, 0.3) is 0 Å². The van der Waals surface area contributed by atoms with E-state index in [-0.39, 0.29) is 19.0 Å². The zero-order valence-corrected chi connectivity index (χ0v) is 13.6. The molecule has 3 rings (SSSR count). The van der Waals surface area contributed by atoms with Crippen molar-refractivity contribution >= 4 is 28.5 Å². The van der Waals surface area contributed by atoms with Crippen molar-refractivity contribution < 1.29 is 14.1 Å². The van der Waals surface area contributed by atoms with Crippen molar-refractivity contribution in [1.29, 1.82) is 0 Å². The Morgan fingerprint density at radius 1 is 1.30 bits per heavy atom. The van der Waals surface area contributed by atoms with Gasteiger partial charge in [-0.3, -0.25) is 4.79 Å². The van der Waals surface area contributed by atoms with Gasteiger partial charge in [-0.15, -0.1) is 0 Å². The molecule has 5 nitrogen and oxygen atoms in total. The zero-order valence-electron chi connectivity index (χ0n) is 12.8. The Balaban J connectivity index is 1.70. The van der Waals surface area contributed by atoms with Crippen molar-refractivity contribution in [3.63, 3.8) is 0 Å². The highest BCUT2D eigenvalue weighted by molar-refractivity contribution is 6.30. The van der Waals surface area contributed by atoms with E-state index in [0.717, 1.165) is 16.5 Å². The molecule has 0 amide bonds. The highest BCUT2D eigenvalue weighted by Crippen LogP contribution is 2.21. The quantitative estimate of drug-likeness (QED) is 0.538. The average Bonchev–Trinajstić information content (AvgIpc) is 2.85. The van der Waals surface area contributed by atoms with E-state index >= 15 is 0 Å². The number of pyridine rings is 1. The molecule has 0 saturated heterocycles. The molecule has 0 radical (unpaired) electrons. The van der Waals surface area contributed by atoms with E-state index in [2.05, 4.69) is 10.1 Å². The number of hydrogen-bond donors (Lipinski definition) is 0. The van der Waals surface area contributed by atoms with Crippen molar-refractivity contribution in [1.82, 2.24) is 10.1 Å². The molecule has 0 bridgehead atoms. The molecule has 6 heteroatoms. The number of nitrogens with zero attached hydrogens (tertiary/aromatic N) is 2. The van der Waals surface area contributed by atoms with Gasteiger partial charge in [0, 0.05) is 16.5 Å². The smallest absolute Gasteiger partial charge is 0.310 e. The summed E-state index contributed by atoms with van der Waals surface area (Å²) in [5, 5.41) is 5.12. The Kier molecular flexibility index (Phi) is 4.30.